The number of hydrogen-bond donors (Lipinski definition) is 2. The molecular weight excluding hydrogens is 262 g/mol. The minimum absolute atomic E-state index is 0.0311. The predicted octanol–water partition coefficient (Wildman–Crippen LogP) is -0.846. The van der Waals surface area contributed by atoms with E-state index in [2.05, 4.69) is 10.3 Å². The van der Waals surface area contributed by atoms with Crippen LogP contribution >= 0.6 is 0 Å². The summed E-state index contributed by atoms with van der Waals surface area (Å²) in [6.45, 7) is 1.90. The summed E-state index contributed by atoms with van der Waals surface area (Å²) in [5, 5.41) is 12.3. The van der Waals surface area contributed by atoms with E-state index in [0.29, 0.717) is 17.1 Å². The highest BCUT2D eigenvalue weighted by Gasteiger charge is 2.18. The van der Waals surface area contributed by atoms with Gasteiger partial charge in [-0.25, -0.2) is 4.79 Å². The molecular formula is C12H19N5O3. The number of aliphatic hydroxyl groups excluding tert-OH is 1. The fourth-order valence-electron chi connectivity index (χ4n) is 2.11. The highest BCUT2D eigenvalue weighted by molar-refractivity contribution is 5.74. The van der Waals surface area contributed by atoms with Crippen LogP contribution in [0.3, 0.4) is 0 Å². The summed E-state index contributed by atoms with van der Waals surface area (Å²) in [7, 11) is 4.71. The molecule has 0 amide bonds. The van der Waals surface area contributed by atoms with Crippen LogP contribution in [0.15, 0.2) is 9.59 Å². The van der Waals surface area contributed by atoms with E-state index in [1.807, 2.05) is 6.92 Å². The number of anilines is 1. The van der Waals surface area contributed by atoms with E-state index in [1.54, 1.807) is 18.7 Å². The van der Waals surface area contributed by atoms with Crippen LogP contribution in [0.25, 0.3) is 11.2 Å². The van der Waals surface area contributed by atoms with Gasteiger partial charge in [0.05, 0.1) is 12.6 Å². The zero-order valence-corrected chi connectivity index (χ0v) is 12.0. The second kappa shape index (κ2) is 5.12. The molecule has 0 radical (unpaired) electrons. The number of aromatic nitrogens is 4. The zero-order valence-electron chi connectivity index (χ0n) is 12.0. The van der Waals surface area contributed by atoms with Crippen LogP contribution in [0.4, 0.5) is 5.95 Å². The fraction of sp³-hybridized carbons (Fsp3) is 0.583. The monoisotopic (exact) mass is 281 g/mol. The van der Waals surface area contributed by atoms with Crippen LogP contribution in [-0.4, -0.2) is 36.4 Å². The minimum Gasteiger partial charge on any atom is -0.394 e. The molecule has 0 saturated carbocycles. The molecule has 0 spiro atoms. The lowest BCUT2D eigenvalue weighted by molar-refractivity contribution is 0.271. The Labute approximate surface area is 115 Å². The molecule has 8 nitrogen and oxygen atoms in total. The van der Waals surface area contributed by atoms with Gasteiger partial charge in [-0.2, -0.15) is 4.98 Å². The number of aryl methyl sites for hydroxylation is 2. The Morgan fingerprint density at radius 3 is 2.40 bits per heavy atom. The quantitative estimate of drug-likeness (QED) is 0.761. The third kappa shape index (κ3) is 2.01. The summed E-state index contributed by atoms with van der Waals surface area (Å²) in [5.41, 5.74) is -0.120. The standard InChI is InChI=1S/C12H19N5O3/c1-5-7(6-18)13-11-14-9-8(15(11)2)10(19)17(4)12(20)16(9)3/h7,18H,5-6H2,1-4H3,(H,13,14). The van der Waals surface area contributed by atoms with Crippen molar-refractivity contribution in [3.05, 3.63) is 20.8 Å². The average Bonchev–Trinajstić information content (AvgIpc) is 2.77. The summed E-state index contributed by atoms with van der Waals surface area (Å²) in [6, 6.07) is -0.147. The Morgan fingerprint density at radius 1 is 1.20 bits per heavy atom. The summed E-state index contributed by atoms with van der Waals surface area (Å²) in [5.74, 6) is 0.458. The molecule has 0 fully saturated rings. The minimum atomic E-state index is -0.415. The Morgan fingerprint density at radius 2 is 1.85 bits per heavy atom. The van der Waals surface area contributed by atoms with Gasteiger partial charge in [0.2, 0.25) is 5.95 Å². The molecule has 0 aliphatic heterocycles. The molecule has 0 saturated heterocycles. The average molecular weight is 281 g/mol. The smallest absolute Gasteiger partial charge is 0.332 e. The normalized spacial score (nSPS) is 12.8. The van der Waals surface area contributed by atoms with Gasteiger partial charge < -0.3 is 15.0 Å². The maximum absolute atomic E-state index is 12.2. The van der Waals surface area contributed by atoms with Crippen molar-refractivity contribution in [2.75, 3.05) is 11.9 Å². The molecule has 110 valence electrons. The number of hydrogen-bond acceptors (Lipinski definition) is 5. The van der Waals surface area contributed by atoms with E-state index in [1.165, 1.54) is 11.6 Å². The maximum atomic E-state index is 12.2. The second-order valence-corrected chi connectivity index (χ2v) is 4.80. The van der Waals surface area contributed by atoms with Crippen molar-refractivity contribution in [2.24, 2.45) is 21.1 Å². The van der Waals surface area contributed by atoms with Crippen LogP contribution in [0.1, 0.15) is 13.3 Å². The first-order valence-electron chi connectivity index (χ1n) is 6.42. The lowest BCUT2D eigenvalue weighted by atomic mass is 10.2. The van der Waals surface area contributed by atoms with E-state index < -0.39 is 5.69 Å². The van der Waals surface area contributed by atoms with E-state index in [4.69, 9.17) is 0 Å². The summed E-state index contributed by atoms with van der Waals surface area (Å²) in [6.07, 6.45) is 0.719. The third-order valence-corrected chi connectivity index (χ3v) is 3.52. The molecule has 2 aromatic heterocycles. The number of imidazole rings is 1. The van der Waals surface area contributed by atoms with Gasteiger partial charge in [-0.1, -0.05) is 6.92 Å². The van der Waals surface area contributed by atoms with Crippen molar-refractivity contribution in [1.82, 2.24) is 18.7 Å². The summed E-state index contributed by atoms with van der Waals surface area (Å²) in [4.78, 5) is 28.3. The maximum Gasteiger partial charge on any atom is 0.332 e. The molecule has 2 heterocycles. The first kappa shape index (κ1) is 14.3. The van der Waals surface area contributed by atoms with E-state index in [-0.39, 0.29) is 18.2 Å². The van der Waals surface area contributed by atoms with Gasteiger partial charge in [-0.15, -0.1) is 0 Å². The van der Waals surface area contributed by atoms with E-state index in [0.717, 1.165) is 11.0 Å². The predicted molar refractivity (Wildman–Crippen MR) is 76.0 cm³/mol. The molecule has 2 aromatic rings. The van der Waals surface area contributed by atoms with Crippen molar-refractivity contribution in [3.63, 3.8) is 0 Å². The first-order chi connectivity index (χ1) is 9.42. The molecule has 1 atom stereocenters. The van der Waals surface area contributed by atoms with Crippen LogP contribution in [0.5, 0.6) is 0 Å². The fourth-order valence-corrected chi connectivity index (χ4v) is 2.11. The van der Waals surface area contributed by atoms with Crippen LogP contribution in [0.2, 0.25) is 0 Å². The molecule has 2 N–H and O–H groups in total. The SMILES string of the molecule is CCC(CO)Nc1nc2c(c(=O)n(C)c(=O)n2C)n1C. The van der Waals surface area contributed by atoms with Crippen LogP contribution in [0, 0.1) is 0 Å². The van der Waals surface area contributed by atoms with Crippen LogP contribution in [-0.2, 0) is 21.1 Å². The topological polar surface area (TPSA) is 94.1 Å². The molecule has 1 unspecified atom stereocenters. The highest BCUT2D eigenvalue weighted by atomic mass is 16.3. The molecule has 8 heteroatoms. The lowest BCUT2D eigenvalue weighted by Gasteiger charge is -2.14. The Kier molecular flexibility index (Phi) is 3.67. The van der Waals surface area contributed by atoms with Gasteiger partial charge >= 0.3 is 5.69 Å². The lowest BCUT2D eigenvalue weighted by Crippen LogP contribution is -2.37. The highest BCUT2D eigenvalue weighted by Crippen LogP contribution is 2.14. The zero-order chi connectivity index (χ0) is 15.0. The molecule has 20 heavy (non-hydrogen) atoms. The number of fused-ring (bicyclic) bond motifs is 1. The number of rotatable bonds is 4. The number of nitrogens with zero attached hydrogens (tertiary/aromatic N) is 4. The van der Waals surface area contributed by atoms with E-state index >= 15 is 0 Å². The molecule has 0 bridgehead atoms. The number of nitrogens with one attached hydrogen (secondary N) is 1. The van der Waals surface area contributed by atoms with Crippen molar-refractivity contribution in [3.8, 4) is 0 Å². The van der Waals surface area contributed by atoms with Gasteiger partial charge in [-0.3, -0.25) is 13.9 Å². The Bertz CT molecular complexity index is 751. The van der Waals surface area contributed by atoms with Crippen molar-refractivity contribution in [1.29, 1.82) is 0 Å². The van der Waals surface area contributed by atoms with Crippen molar-refractivity contribution < 1.29 is 5.11 Å². The third-order valence-electron chi connectivity index (χ3n) is 3.52. The molecule has 2 rings (SSSR count). The van der Waals surface area contributed by atoms with Gasteiger partial charge in [0.1, 0.15) is 0 Å². The Hall–Kier alpha value is -2.09. The van der Waals surface area contributed by atoms with Gasteiger partial charge in [-0.05, 0) is 6.42 Å². The largest absolute Gasteiger partial charge is 0.394 e. The van der Waals surface area contributed by atoms with Crippen molar-refractivity contribution >= 4 is 17.1 Å². The van der Waals surface area contributed by atoms with Gasteiger partial charge in [0.25, 0.3) is 5.56 Å². The molecule has 0 aliphatic carbocycles. The Balaban J connectivity index is 2.70. The first-order valence-corrected chi connectivity index (χ1v) is 6.42. The summed E-state index contributed by atoms with van der Waals surface area (Å²) < 4.78 is 3.99. The van der Waals surface area contributed by atoms with Gasteiger partial charge in [0.15, 0.2) is 11.2 Å². The molecule has 0 aromatic carbocycles. The van der Waals surface area contributed by atoms with Crippen LogP contribution < -0.4 is 16.6 Å². The van der Waals surface area contributed by atoms with Crippen molar-refractivity contribution in [2.45, 2.75) is 19.4 Å². The van der Waals surface area contributed by atoms with E-state index in [9.17, 15) is 14.7 Å². The molecule has 0 aliphatic rings. The summed E-state index contributed by atoms with van der Waals surface area (Å²) >= 11 is 0. The number of aliphatic hydroxyl groups is 1. The second-order valence-electron chi connectivity index (χ2n) is 4.80. The van der Waals surface area contributed by atoms with Gasteiger partial charge in [0, 0.05) is 21.1 Å².